The van der Waals surface area contributed by atoms with Crippen molar-refractivity contribution in [1.29, 1.82) is 0 Å². The van der Waals surface area contributed by atoms with Gasteiger partial charge in [0.15, 0.2) is 0 Å². The second-order valence-corrected chi connectivity index (χ2v) is 4.19. The summed E-state index contributed by atoms with van der Waals surface area (Å²) in [4.78, 5) is 4.08. The lowest BCUT2D eigenvalue weighted by Gasteiger charge is -2.21. The Hall–Kier alpha value is -0.420. The van der Waals surface area contributed by atoms with Crippen LogP contribution in [0.5, 0.6) is 0 Å². The van der Waals surface area contributed by atoms with Crippen molar-refractivity contribution in [3.63, 3.8) is 0 Å². The van der Waals surface area contributed by atoms with Crippen molar-refractivity contribution in [2.45, 2.75) is 38.2 Å². The molecule has 1 unspecified atom stereocenters. The zero-order valence-electron chi connectivity index (χ0n) is 7.91. The molecule has 1 aromatic heterocycles. The average Bonchev–Trinajstić information content (AvgIpc) is 2.63. The van der Waals surface area contributed by atoms with E-state index < -0.39 is 0 Å². The molecule has 14 heavy (non-hydrogen) atoms. The summed E-state index contributed by atoms with van der Waals surface area (Å²) in [5, 5.41) is 3.67. The summed E-state index contributed by atoms with van der Waals surface area (Å²) in [5.74, 6) is 0.686. The summed E-state index contributed by atoms with van der Waals surface area (Å²) in [7, 11) is 0. The van der Waals surface area contributed by atoms with Crippen LogP contribution in [0.2, 0.25) is 0 Å². The van der Waals surface area contributed by atoms with E-state index in [1.807, 2.05) is 0 Å². The molecule has 1 aliphatic rings. The van der Waals surface area contributed by atoms with E-state index in [0.29, 0.717) is 16.7 Å². The zero-order valence-corrected chi connectivity index (χ0v) is 9.49. The Morgan fingerprint density at radius 1 is 1.43 bits per heavy atom. The Morgan fingerprint density at radius 2 is 2.36 bits per heavy atom. The summed E-state index contributed by atoms with van der Waals surface area (Å²) in [5.41, 5.74) is 0. The first kappa shape index (κ1) is 10.1. The van der Waals surface area contributed by atoms with Crippen LogP contribution in [0.25, 0.3) is 0 Å². The van der Waals surface area contributed by atoms with Gasteiger partial charge in [-0.15, -0.1) is 0 Å². The van der Waals surface area contributed by atoms with Crippen molar-refractivity contribution < 1.29 is 9.26 Å². The quantitative estimate of drug-likeness (QED) is 0.837. The fourth-order valence-corrected chi connectivity index (χ4v) is 1.93. The van der Waals surface area contributed by atoms with Gasteiger partial charge in [0.1, 0.15) is 0 Å². The van der Waals surface area contributed by atoms with Crippen molar-refractivity contribution in [3.05, 3.63) is 10.6 Å². The molecule has 0 saturated carbocycles. The van der Waals surface area contributed by atoms with Crippen molar-refractivity contribution >= 4 is 15.9 Å². The van der Waals surface area contributed by atoms with Gasteiger partial charge in [0.2, 0.25) is 10.6 Å². The highest BCUT2D eigenvalue weighted by Crippen LogP contribution is 2.17. The summed E-state index contributed by atoms with van der Waals surface area (Å²) < 4.78 is 11.1. The smallest absolute Gasteiger partial charge is 0.238 e. The molecule has 0 aliphatic carbocycles. The highest BCUT2D eigenvalue weighted by atomic mass is 79.9. The number of rotatable bonds is 3. The third kappa shape index (κ3) is 2.78. The van der Waals surface area contributed by atoms with Crippen molar-refractivity contribution in [2.24, 2.45) is 0 Å². The van der Waals surface area contributed by atoms with Crippen LogP contribution in [-0.4, -0.2) is 22.9 Å². The average molecular weight is 261 g/mol. The van der Waals surface area contributed by atoms with E-state index in [4.69, 9.17) is 9.26 Å². The van der Waals surface area contributed by atoms with Crippen LogP contribution in [0.3, 0.4) is 0 Å². The minimum Gasteiger partial charge on any atom is -0.378 e. The summed E-state index contributed by atoms with van der Waals surface area (Å²) in [6.45, 7) is 0.901. The van der Waals surface area contributed by atoms with Crippen LogP contribution in [0, 0.1) is 0 Å². The van der Waals surface area contributed by atoms with E-state index in [1.54, 1.807) is 0 Å². The highest BCUT2D eigenvalue weighted by Gasteiger charge is 2.15. The largest absolute Gasteiger partial charge is 0.378 e. The molecule has 0 amide bonds. The van der Waals surface area contributed by atoms with Gasteiger partial charge in [-0.3, -0.25) is 0 Å². The van der Waals surface area contributed by atoms with Crippen molar-refractivity contribution in [2.75, 3.05) is 6.61 Å². The minimum atomic E-state index is 0.384. The van der Waals surface area contributed by atoms with Gasteiger partial charge >= 0.3 is 0 Å². The number of ether oxygens (including phenoxy) is 1. The van der Waals surface area contributed by atoms with Crippen LogP contribution >= 0.6 is 15.9 Å². The van der Waals surface area contributed by atoms with Gasteiger partial charge < -0.3 is 9.26 Å². The molecule has 5 heteroatoms. The maximum Gasteiger partial charge on any atom is 0.238 e. The van der Waals surface area contributed by atoms with Gasteiger partial charge in [0.05, 0.1) is 6.10 Å². The molecule has 0 spiro atoms. The molecule has 0 bridgehead atoms. The molecular weight excluding hydrogens is 248 g/mol. The second kappa shape index (κ2) is 4.89. The Labute approximate surface area is 91.1 Å². The molecule has 2 rings (SSSR count). The number of aromatic nitrogens is 2. The topological polar surface area (TPSA) is 48.2 Å². The predicted octanol–water partition coefficient (Wildman–Crippen LogP) is 2.33. The third-order valence-electron chi connectivity index (χ3n) is 2.40. The Kier molecular flexibility index (Phi) is 3.53. The summed E-state index contributed by atoms with van der Waals surface area (Å²) >= 11 is 3.15. The van der Waals surface area contributed by atoms with Crippen molar-refractivity contribution in [3.8, 4) is 0 Å². The molecule has 2 heterocycles. The van der Waals surface area contributed by atoms with Gasteiger partial charge in [-0.2, -0.15) is 4.98 Å². The Bertz CT molecular complexity index is 284. The molecule has 0 aromatic carbocycles. The lowest BCUT2D eigenvalue weighted by Crippen LogP contribution is -2.19. The monoisotopic (exact) mass is 260 g/mol. The van der Waals surface area contributed by atoms with Crippen LogP contribution in [-0.2, 0) is 11.2 Å². The van der Waals surface area contributed by atoms with E-state index in [2.05, 4.69) is 26.1 Å². The first-order chi connectivity index (χ1) is 6.84. The van der Waals surface area contributed by atoms with E-state index >= 15 is 0 Å². The Balaban J connectivity index is 1.76. The lowest BCUT2D eigenvalue weighted by atomic mass is 10.0. The normalized spacial score (nSPS) is 22.5. The van der Waals surface area contributed by atoms with Gasteiger partial charge in [-0.1, -0.05) is 0 Å². The molecule has 0 N–H and O–H groups in total. The minimum absolute atomic E-state index is 0.384. The number of hydrogen-bond acceptors (Lipinski definition) is 4. The standard InChI is InChI=1S/C9H13BrN2O2/c10-9-11-8(14-12-9)5-4-7-3-1-2-6-13-7/h7H,1-6H2. The van der Waals surface area contributed by atoms with E-state index in [9.17, 15) is 0 Å². The Morgan fingerprint density at radius 3 is 3.00 bits per heavy atom. The molecule has 1 aliphatic heterocycles. The molecule has 78 valence electrons. The molecule has 4 nitrogen and oxygen atoms in total. The highest BCUT2D eigenvalue weighted by molar-refractivity contribution is 9.10. The van der Waals surface area contributed by atoms with Crippen LogP contribution in [0.4, 0.5) is 0 Å². The fourth-order valence-electron chi connectivity index (χ4n) is 1.66. The molecule has 0 radical (unpaired) electrons. The van der Waals surface area contributed by atoms with Gasteiger partial charge in [0.25, 0.3) is 0 Å². The fraction of sp³-hybridized carbons (Fsp3) is 0.778. The van der Waals surface area contributed by atoms with Gasteiger partial charge in [-0.25, -0.2) is 0 Å². The third-order valence-corrected chi connectivity index (χ3v) is 2.72. The second-order valence-electron chi connectivity index (χ2n) is 3.48. The maximum absolute atomic E-state index is 5.60. The van der Waals surface area contributed by atoms with Crippen LogP contribution in [0.15, 0.2) is 9.26 Å². The molecule has 1 aromatic rings. The number of halogens is 1. The molecular formula is C9H13BrN2O2. The van der Waals surface area contributed by atoms with E-state index in [-0.39, 0.29) is 0 Å². The first-order valence-corrected chi connectivity index (χ1v) is 5.73. The maximum atomic E-state index is 5.60. The molecule has 1 fully saturated rings. The van der Waals surface area contributed by atoms with E-state index in [0.717, 1.165) is 25.9 Å². The molecule has 1 saturated heterocycles. The number of hydrogen-bond donors (Lipinski definition) is 0. The SMILES string of the molecule is Brc1noc(CCC2CCCCO2)n1. The van der Waals surface area contributed by atoms with Crippen LogP contribution < -0.4 is 0 Å². The summed E-state index contributed by atoms with van der Waals surface area (Å²) in [6.07, 6.45) is 5.81. The van der Waals surface area contributed by atoms with E-state index in [1.165, 1.54) is 12.8 Å². The zero-order chi connectivity index (χ0) is 9.80. The predicted molar refractivity (Wildman–Crippen MR) is 53.9 cm³/mol. The summed E-state index contributed by atoms with van der Waals surface area (Å²) in [6, 6.07) is 0. The van der Waals surface area contributed by atoms with Crippen LogP contribution in [0.1, 0.15) is 31.6 Å². The lowest BCUT2D eigenvalue weighted by molar-refractivity contribution is 0.0104. The molecule has 1 atom stereocenters. The number of nitrogens with zero attached hydrogens (tertiary/aromatic N) is 2. The first-order valence-electron chi connectivity index (χ1n) is 4.94. The van der Waals surface area contributed by atoms with Gasteiger partial charge in [0, 0.05) is 13.0 Å². The van der Waals surface area contributed by atoms with Gasteiger partial charge in [-0.05, 0) is 46.8 Å². The number of aryl methyl sites for hydroxylation is 1. The van der Waals surface area contributed by atoms with Crippen molar-refractivity contribution in [1.82, 2.24) is 10.1 Å².